The number of carbonyl (C=O) groups excluding carboxylic acids is 4. The molecule has 0 aliphatic carbocycles. The number of hydrogen-bond donors (Lipinski definition) is 6. The molecule has 48 heavy (non-hydrogen) atoms. The van der Waals surface area contributed by atoms with Crippen molar-refractivity contribution in [2.24, 2.45) is 5.92 Å². The number of phenols is 2. The van der Waals surface area contributed by atoms with Crippen LogP contribution < -0.4 is 21.7 Å². The van der Waals surface area contributed by atoms with Gasteiger partial charge in [-0.1, -0.05) is 109 Å². The average Bonchev–Trinajstić information content (AvgIpc) is 3.07. The fourth-order valence-corrected chi connectivity index (χ4v) is 5.92. The monoisotopic (exact) mass is 666 g/mol. The molecule has 10 heteroatoms. The molecular weight excluding hydrogens is 608 g/mol. The van der Waals surface area contributed by atoms with E-state index in [9.17, 15) is 29.4 Å². The van der Waals surface area contributed by atoms with E-state index in [1.54, 1.807) is 12.1 Å². The third-order valence-electron chi connectivity index (χ3n) is 8.64. The maximum Gasteiger partial charge on any atom is 0.273 e. The molecule has 0 fully saturated rings. The van der Waals surface area contributed by atoms with Crippen molar-refractivity contribution in [2.45, 2.75) is 136 Å². The van der Waals surface area contributed by atoms with Crippen molar-refractivity contribution in [3.63, 3.8) is 0 Å². The Morgan fingerprint density at radius 1 is 0.562 bits per heavy atom. The largest absolute Gasteiger partial charge is 0.507 e. The maximum atomic E-state index is 13.0. The van der Waals surface area contributed by atoms with Gasteiger partial charge in [0.25, 0.3) is 11.8 Å². The molecule has 10 nitrogen and oxygen atoms in total. The number of rotatable bonds is 22. The summed E-state index contributed by atoms with van der Waals surface area (Å²) < 4.78 is 0. The standard InChI is InChI=1S/C38H58N4O6/c1-4-7-9-13-20-28-23-17-25-31(43)34(28)37(47)41-39-33(45)27-16-12-11-15-22-30(19-6-3)36(46)40-42-38(48)35-29(21-14-10-8-5-2)24-18-26-32(35)44/h17-18,23-26,30,43-44H,4-16,19-22,27H2,1-3H3,(H,39,45)(H,40,46)(H,41,47)(H,42,48). The fourth-order valence-electron chi connectivity index (χ4n) is 5.92. The third kappa shape index (κ3) is 14.4. The lowest BCUT2D eigenvalue weighted by Gasteiger charge is -2.17. The van der Waals surface area contributed by atoms with Gasteiger partial charge in [-0.15, -0.1) is 0 Å². The second kappa shape index (κ2) is 23.3. The van der Waals surface area contributed by atoms with Crippen LogP contribution in [-0.2, 0) is 22.4 Å². The molecule has 0 aromatic heterocycles. The van der Waals surface area contributed by atoms with Gasteiger partial charge in [0.1, 0.15) is 11.5 Å². The van der Waals surface area contributed by atoms with Gasteiger partial charge in [-0.3, -0.25) is 40.9 Å². The van der Waals surface area contributed by atoms with E-state index in [0.717, 1.165) is 88.2 Å². The van der Waals surface area contributed by atoms with Crippen molar-refractivity contribution < 1.29 is 29.4 Å². The van der Waals surface area contributed by atoms with Crippen LogP contribution in [0.25, 0.3) is 0 Å². The first kappa shape index (κ1) is 40.1. The number of benzene rings is 2. The summed E-state index contributed by atoms with van der Waals surface area (Å²) >= 11 is 0. The molecule has 2 rings (SSSR count). The molecule has 6 N–H and O–H groups in total. The molecule has 4 amide bonds. The van der Waals surface area contributed by atoms with E-state index in [-0.39, 0.29) is 46.8 Å². The summed E-state index contributed by atoms with van der Waals surface area (Å²) in [5, 5.41) is 20.7. The summed E-state index contributed by atoms with van der Waals surface area (Å²) in [6.07, 6.45) is 15.2. The van der Waals surface area contributed by atoms with Crippen molar-refractivity contribution in [3.05, 3.63) is 58.7 Å². The zero-order valence-electron chi connectivity index (χ0n) is 29.3. The Kier molecular flexibility index (Phi) is 19.4. The number of carbonyl (C=O) groups is 4. The number of hydrogen-bond acceptors (Lipinski definition) is 6. The van der Waals surface area contributed by atoms with Crippen molar-refractivity contribution >= 4 is 23.6 Å². The molecule has 2 aromatic rings. The molecule has 0 saturated heterocycles. The van der Waals surface area contributed by atoms with Crippen molar-refractivity contribution in [1.82, 2.24) is 21.7 Å². The van der Waals surface area contributed by atoms with Crippen LogP contribution in [0.1, 0.15) is 155 Å². The minimum absolute atomic E-state index is 0.103. The molecule has 2 aromatic carbocycles. The van der Waals surface area contributed by atoms with Gasteiger partial charge in [-0.2, -0.15) is 0 Å². The molecule has 1 atom stereocenters. The van der Waals surface area contributed by atoms with Crippen LogP contribution in [-0.4, -0.2) is 33.8 Å². The number of hydrazine groups is 2. The van der Waals surface area contributed by atoms with Crippen LogP contribution in [0.5, 0.6) is 11.5 Å². The first-order valence-corrected chi connectivity index (χ1v) is 18.0. The topological polar surface area (TPSA) is 157 Å². The molecule has 0 heterocycles. The van der Waals surface area contributed by atoms with Gasteiger partial charge in [-0.05, 0) is 68.2 Å². The van der Waals surface area contributed by atoms with Crippen LogP contribution in [0, 0.1) is 5.92 Å². The number of aromatic hydroxyl groups is 2. The van der Waals surface area contributed by atoms with Gasteiger partial charge in [0.2, 0.25) is 11.8 Å². The number of phenolic OH excluding ortho intramolecular Hbond substituents is 2. The number of aryl methyl sites for hydroxylation is 2. The Labute approximate surface area is 286 Å². The number of amides is 4. The number of nitrogens with one attached hydrogen (secondary N) is 4. The van der Waals surface area contributed by atoms with Gasteiger partial charge >= 0.3 is 0 Å². The predicted molar refractivity (Wildman–Crippen MR) is 189 cm³/mol. The summed E-state index contributed by atoms with van der Waals surface area (Å²) in [6, 6.07) is 10.1. The van der Waals surface area contributed by atoms with Gasteiger partial charge in [0, 0.05) is 12.3 Å². The van der Waals surface area contributed by atoms with Crippen LogP contribution in [0.3, 0.4) is 0 Å². The summed E-state index contributed by atoms with van der Waals surface area (Å²) in [6.45, 7) is 6.28. The number of unbranched alkanes of at least 4 members (excludes halogenated alkanes) is 9. The molecule has 266 valence electrons. The van der Waals surface area contributed by atoms with Crippen molar-refractivity contribution in [3.8, 4) is 11.5 Å². The maximum absolute atomic E-state index is 13.0. The van der Waals surface area contributed by atoms with Gasteiger partial charge in [-0.25, -0.2) is 0 Å². The molecule has 0 spiro atoms. The van der Waals surface area contributed by atoms with E-state index in [2.05, 4.69) is 35.6 Å². The lowest BCUT2D eigenvalue weighted by molar-refractivity contribution is -0.126. The van der Waals surface area contributed by atoms with E-state index >= 15 is 0 Å². The molecule has 1 unspecified atom stereocenters. The highest BCUT2D eigenvalue weighted by Gasteiger charge is 2.21. The fraction of sp³-hybridized carbons (Fsp3) is 0.579. The summed E-state index contributed by atoms with van der Waals surface area (Å²) in [7, 11) is 0. The minimum Gasteiger partial charge on any atom is -0.507 e. The molecule has 0 radical (unpaired) electrons. The second-order valence-corrected chi connectivity index (χ2v) is 12.6. The van der Waals surface area contributed by atoms with Crippen molar-refractivity contribution in [1.29, 1.82) is 0 Å². The Hall–Kier alpha value is -4.08. The summed E-state index contributed by atoms with van der Waals surface area (Å²) in [5.41, 5.74) is 11.9. The SMILES string of the molecule is CCCCCCc1cccc(O)c1C(=O)NNC(=O)CCCCCCC(CCC)C(=O)NNC(=O)c1c(O)cccc1CCCCCC. The van der Waals surface area contributed by atoms with E-state index in [0.29, 0.717) is 32.1 Å². The van der Waals surface area contributed by atoms with E-state index in [4.69, 9.17) is 0 Å². The predicted octanol–water partition coefficient (Wildman–Crippen LogP) is 7.32. The molecule has 0 bridgehead atoms. The Balaban J connectivity index is 1.73. The van der Waals surface area contributed by atoms with Gasteiger partial charge in [0.15, 0.2) is 0 Å². The van der Waals surface area contributed by atoms with Gasteiger partial charge in [0.05, 0.1) is 11.1 Å². The van der Waals surface area contributed by atoms with E-state index in [1.807, 2.05) is 19.1 Å². The normalized spacial score (nSPS) is 11.5. The Morgan fingerprint density at radius 2 is 1.06 bits per heavy atom. The minimum atomic E-state index is -0.535. The average molecular weight is 667 g/mol. The molecule has 0 aliphatic rings. The van der Waals surface area contributed by atoms with Crippen molar-refractivity contribution in [2.75, 3.05) is 0 Å². The third-order valence-corrected chi connectivity index (χ3v) is 8.64. The Morgan fingerprint density at radius 3 is 1.58 bits per heavy atom. The highest BCUT2D eigenvalue weighted by atomic mass is 16.3. The molecule has 0 aliphatic heterocycles. The van der Waals surface area contributed by atoms with Crippen LogP contribution >= 0.6 is 0 Å². The van der Waals surface area contributed by atoms with Gasteiger partial charge < -0.3 is 10.2 Å². The summed E-state index contributed by atoms with van der Waals surface area (Å²) in [5.74, 6) is -2.10. The quantitative estimate of drug-likeness (QED) is 0.0571. The van der Waals surface area contributed by atoms with Crippen LogP contribution in [0.4, 0.5) is 0 Å². The lowest BCUT2D eigenvalue weighted by atomic mass is 9.95. The zero-order chi connectivity index (χ0) is 35.1. The van der Waals surface area contributed by atoms with Crippen LogP contribution in [0.2, 0.25) is 0 Å². The van der Waals surface area contributed by atoms with Crippen LogP contribution in [0.15, 0.2) is 36.4 Å². The summed E-state index contributed by atoms with van der Waals surface area (Å²) in [4.78, 5) is 51.0. The van der Waals surface area contributed by atoms with E-state index in [1.165, 1.54) is 12.1 Å². The second-order valence-electron chi connectivity index (χ2n) is 12.6. The molecular formula is C38H58N4O6. The highest BCUT2D eigenvalue weighted by molar-refractivity contribution is 6.00. The zero-order valence-corrected chi connectivity index (χ0v) is 29.3. The first-order valence-electron chi connectivity index (χ1n) is 18.0. The molecule has 0 saturated carbocycles. The first-order chi connectivity index (χ1) is 23.2. The highest BCUT2D eigenvalue weighted by Crippen LogP contribution is 2.24. The Bertz CT molecular complexity index is 1300. The lowest BCUT2D eigenvalue weighted by Crippen LogP contribution is -2.44. The van der Waals surface area contributed by atoms with E-state index < -0.39 is 11.8 Å². The smallest absolute Gasteiger partial charge is 0.273 e.